The molecule has 0 bridgehead atoms. The van der Waals surface area contributed by atoms with Gasteiger partial charge in [-0.25, -0.2) is 0 Å². The molecule has 0 atom stereocenters. The quantitative estimate of drug-likeness (QED) is 0.627. The van der Waals surface area contributed by atoms with Crippen molar-refractivity contribution in [2.24, 2.45) is 0 Å². The average Bonchev–Trinajstić information content (AvgIpc) is 2.74. The van der Waals surface area contributed by atoms with Crippen molar-refractivity contribution in [1.82, 2.24) is 4.90 Å². The maximum absolute atomic E-state index is 12.2. The number of anilines is 1. The van der Waals surface area contributed by atoms with Gasteiger partial charge in [0.05, 0.1) is 10.6 Å². The molecule has 2 amide bonds. The molecule has 1 saturated heterocycles. The second-order valence-electron chi connectivity index (χ2n) is 4.75. The van der Waals surface area contributed by atoms with Crippen LogP contribution in [0.3, 0.4) is 0 Å². The molecule has 0 aliphatic carbocycles. The second kappa shape index (κ2) is 6.01. The highest BCUT2D eigenvalue weighted by molar-refractivity contribution is 8.26. The summed E-state index contributed by atoms with van der Waals surface area (Å²) in [4.78, 5) is 35.7. The van der Waals surface area contributed by atoms with E-state index in [2.05, 4.69) is 5.32 Å². The SMILES string of the molecule is O=C(O)CN1C(=O)/C(=C/c2ccc3c(c2)NC(=O)CO3)SC1=S. The third-order valence-corrected chi connectivity index (χ3v) is 4.48. The van der Waals surface area contributed by atoms with E-state index in [0.29, 0.717) is 21.9 Å². The summed E-state index contributed by atoms with van der Waals surface area (Å²) in [5.41, 5.74) is 1.20. The van der Waals surface area contributed by atoms with Gasteiger partial charge in [0.2, 0.25) is 0 Å². The molecule has 1 fully saturated rings. The average molecular weight is 350 g/mol. The standard InChI is InChI=1S/C14H10N2O5S2/c17-11-6-21-9-2-1-7(3-8(9)15-11)4-10-13(20)16(5-12(18)19)14(22)23-10/h1-4H,5-6H2,(H,15,17)(H,18,19)/b10-4-. The molecule has 2 heterocycles. The van der Waals surface area contributed by atoms with Crippen molar-refractivity contribution >= 4 is 57.8 Å². The van der Waals surface area contributed by atoms with E-state index in [1.807, 2.05) is 0 Å². The predicted octanol–water partition coefficient (Wildman–Crippen LogP) is 1.30. The Balaban J connectivity index is 1.86. The molecular formula is C14H10N2O5S2. The summed E-state index contributed by atoms with van der Waals surface area (Å²) >= 11 is 6.07. The molecule has 7 nitrogen and oxygen atoms in total. The molecule has 1 aromatic rings. The number of ether oxygens (including phenoxy) is 1. The molecular weight excluding hydrogens is 340 g/mol. The zero-order valence-electron chi connectivity index (χ0n) is 11.6. The Morgan fingerprint density at radius 1 is 1.48 bits per heavy atom. The number of aliphatic carboxylic acids is 1. The minimum Gasteiger partial charge on any atom is -0.482 e. The maximum atomic E-state index is 12.2. The molecule has 118 valence electrons. The van der Waals surface area contributed by atoms with Crippen molar-refractivity contribution in [3.8, 4) is 5.75 Å². The van der Waals surface area contributed by atoms with Crippen molar-refractivity contribution in [2.75, 3.05) is 18.5 Å². The van der Waals surface area contributed by atoms with Gasteiger partial charge in [0.25, 0.3) is 11.8 Å². The topological polar surface area (TPSA) is 95.9 Å². The number of rotatable bonds is 3. The lowest BCUT2D eigenvalue weighted by atomic mass is 10.1. The summed E-state index contributed by atoms with van der Waals surface area (Å²) in [5, 5.41) is 11.5. The summed E-state index contributed by atoms with van der Waals surface area (Å²) in [6, 6.07) is 5.11. The number of nitrogens with one attached hydrogen (secondary N) is 1. The summed E-state index contributed by atoms with van der Waals surface area (Å²) in [7, 11) is 0. The molecule has 0 unspecified atom stereocenters. The van der Waals surface area contributed by atoms with Crippen molar-refractivity contribution < 1.29 is 24.2 Å². The van der Waals surface area contributed by atoms with Gasteiger partial charge in [-0.2, -0.15) is 0 Å². The highest BCUT2D eigenvalue weighted by atomic mass is 32.2. The van der Waals surface area contributed by atoms with Gasteiger partial charge in [-0.3, -0.25) is 19.3 Å². The van der Waals surface area contributed by atoms with Crippen LogP contribution in [0.5, 0.6) is 5.75 Å². The zero-order chi connectivity index (χ0) is 16.6. The molecule has 0 aromatic heterocycles. The molecule has 9 heteroatoms. The fraction of sp³-hybridized carbons (Fsp3) is 0.143. The molecule has 3 rings (SSSR count). The number of carbonyl (C=O) groups excluding carboxylic acids is 2. The first-order chi connectivity index (χ1) is 10.9. The molecule has 0 saturated carbocycles. The lowest BCUT2D eigenvalue weighted by Gasteiger charge is -2.17. The van der Waals surface area contributed by atoms with Crippen LogP contribution in [0.4, 0.5) is 5.69 Å². The predicted molar refractivity (Wildman–Crippen MR) is 88.1 cm³/mol. The Kier molecular flexibility index (Phi) is 4.05. The van der Waals surface area contributed by atoms with Crippen LogP contribution in [-0.4, -0.2) is 45.3 Å². The highest BCUT2D eigenvalue weighted by Crippen LogP contribution is 2.34. The first-order valence-corrected chi connectivity index (χ1v) is 7.70. The van der Waals surface area contributed by atoms with E-state index in [9.17, 15) is 14.4 Å². The van der Waals surface area contributed by atoms with Gasteiger partial charge in [0.1, 0.15) is 16.6 Å². The van der Waals surface area contributed by atoms with Crippen LogP contribution >= 0.6 is 24.0 Å². The maximum Gasteiger partial charge on any atom is 0.323 e. The Labute approximate surface area is 140 Å². The van der Waals surface area contributed by atoms with Gasteiger partial charge in [0.15, 0.2) is 6.61 Å². The molecule has 23 heavy (non-hydrogen) atoms. The second-order valence-corrected chi connectivity index (χ2v) is 6.43. The van der Waals surface area contributed by atoms with Gasteiger partial charge in [-0.05, 0) is 23.8 Å². The van der Waals surface area contributed by atoms with Gasteiger partial charge in [-0.15, -0.1) is 0 Å². The van der Waals surface area contributed by atoms with E-state index < -0.39 is 18.4 Å². The van der Waals surface area contributed by atoms with Crippen molar-refractivity contribution in [3.63, 3.8) is 0 Å². The fourth-order valence-corrected chi connectivity index (χ4v) is 3.37. The Morgan fingerprint density at radius 2 is 2.26 bits per heavy atom. The minimum atomic E-state index is -1.13. The van der Waals surface area contributed by atoms with Gasteiger partial charge >= 0.3 is 5.97 Å². The van der Waals surface area contributed by atoms with Crippen LogP contribution in [0.2, 0.25) is 0 Å². The summed E-state index contributed by atoms with van der Waals surface area (Å²) < 4.78 is 5.47. The zero-order valence-corrected chi connectivity index (χ0v) is 13.2. The highest BCUT2D eigenvalue weighted by Gasteiger charge is 2.33. The Bertz CT molecular complexity index is 774. The number of hydrogen-bond acceptors (Lipinski definition) is 6. The van der Waals surface area contributed by atoms with Crippen molar-refractivity contribution in [1.29, 1.82) is 0 Å². The Hall–Kier alpha value is -2.39. The van der Waals surface area contributed by atoms with E-state index in [0.717, 1.165) is 16.7 Å². The van der Waals surface area contributed by atoms with E-state index in [4.69, 9.17) is 22.1 Å². The van der Waals surface area contributed by atoms with Crippen LogP contribution in [-0.2, 0) is 14.4 Å². The van der Waals surface area contributed by atoms with E-state index in [1.54, 1.807) is 24.3 Å². The number of carboxylic acids is 1. The molecule has 2 N–H and O–H groups in total. The smallest absolute Gasteiger partial charge is 0.323 e. The normalized spacial score (nSPS) is 18.7. The fourth-order valence-electron chi connectivity index (χ4n) is 2.11. The molecule has 0 spiro atoms. The van der Waals surface area contributed by atoms with Gasteiger partial charge in [0, 0.05) is 0 Å². The van der Waals surface area contributed by atoms with E-state index >= 15 is 0 Å². The van der Waals surface area contributed by atoms with Gasteiger partial charge in [-0.1, -0.05) is 30.0 Å². The number of amides is 2. The molecule has 2 aliphatic rings. The number of carboxylic acid groups (broad SMARTS) is 1. The molecule has 0 radical (unpaired) electrons. The number of carbonyl (C=O) groups is 3. The monoisotopic (exact) mass is 350 g/mol. The third kappa shape index (κ3) is 3.20. The minimum absolute atomic E-state index is 0.0276. The van der Waals surface area contributed by atoms with Crippen LogP contribution in [0.1, 0.15) is 5.56 Å². The number of hydrogen-bond donors (Lipinski definition) is 2. The number of thiocarbonyl (C=S) groups is 1. The van der Waals surface area contributed by atoms with Crippen molar-refractivity contribution in [2.45, 2.75) is 0 Å². The summed E-state index contributed by atoms with van der Waals surface area (Å²) in [6.07, 6.45) is 1.60. The summed E-state index contributed by atoms with van der Waals surface area (Å²) in [6.45, 7) is -0.490. The van der Waals surface area contributed by atoms with Crippen LogP contribution in [0.15, 0.2) is 23.1 Å². The van der Waals surface area contributed by atoms with Crippen molar-refractivity contribution in [3.05, 3.63) is 28.7 Å². The lowest BCUT2D eigenvalue weighted by molar-refractivity contribution is -0.140. The molecule has 2 aliphatic heterocycles. The number of benzene rings is 1. The number of fused-ring (bicyclic) bond motifs is 1. The van der Waals surface area contributed by atoms with Crippen LogP contribution in [0.25, 0.3) is 6.08 Å². The Morgan fingerprint density at radius 3 is 3.00 bits per heavy atom. The van der Waals surface area contributed by atoms with E-state index in [1.165, 1.54) is 0 Å². The lowest BCUT2D eigenvalue weighted by Crippen LogP contribution is -2.33. The van der Waals surface area contributed by atoms with Crippen LogP contribution in [0, 0.1) is 0 Å². The summed E-state index contributed by atoms with van der Waals surface area (Å²) in [5.74, 6) is -1.26. The largest absolute Gasteiger partial charge is 0.482 e. The van der Waals surface area contributed by atoms with Gasteiger partial charge < -0.3 is 15.2 Å². The molecule has 1 aromatic carbocycles. The number of nitrogens with zero attached hydrogens (tertiary/aromatic N) is 1. The first-order valence-electron chi connectivity index (χ1n) is 6.48. The van der Waals surface area contributed by atoms with E-state index in [-0.39, 0.29) is 16.8 Å². The first kappa shape index (κ1) is 15.5. The van der Waals surface area contributed by atoms with Crippen LogP contribution < -0.4 is 10.1 Å². The number of thioether (sulfide) groups is 1. The third-order valence-electron chi connectivity index (χ3n) is 3.10.